The summed E-state index contributed by atoms with van der Waals surface area (Å²) in [4.78, 5) is 0. The van der Waals surface area contributed by atoms with Gasteiger partial charge in [0.25, 0.3) is 0 Å². The summed E-state index contributed by atoms with van der Waals surface area (Å²) < 4.78 is 0. The zero-order valence-corrected chi connectivity index (χ0v) is 11.4. The van der Waals surface area contributed by atoms with Gasteiger partial charge in [0.15, 0.2) is 0 Å². The van der Waals surface area contributed by atoms with Gasteiger partial charge in [0, 0.05) is 0 Å². The topological polar surface area (TPSA) is 0 Å². The van der Waals surface area contributed by atoms with E-state index in [0.29, 0.717) is 0 Å². The molecule has 0 N–H and O–H groups in total. The first-order valence-electron chi connectivity index (χ1n) is 6.23. The molecular weight excluding hydrogens is 248 g/mol. The third-order valence-corrected chi connectivity index (χ3v) is 3.65. The van der Waals surface area contributed by atoms with Crippen LogP contribution in [0.4, 0.5) is 0 Å². The maximum absolute atomic E-state index is 2.24. The maximum atomic E-state index is 2.24. The van der Waals surface area contributed by atoms with Crippen LogP contribution in [0, 0.1) is 0 Å². The molecule has 0 spiro atoms. The lowest BCUT2D eigenvalue weighted by Gasteiger charge is -2.07. The largest absolute Gasteiger partial charge is 0.197 e. The molecule has 1 heteroatoms. The van der Waals surface area contributed by atoms with Crippen LogP contribution in [0.2, 0.25) is 0 Å². The van der Waals surface area contributed by atoms with Crippen LogP contribution in [0.5, 0.6) is 0 Å². The highest BCUT2D eigenvalue weighted by Crippen LogP contribution is 2.30. The van der Waals surface area contributed by atoms with Gasteiger partial charge in [0.2, 0.25) is 0 Å². The summed E-state index contributed by atoms with van der Waals surface area (Å²) in [5.41, 5.74) is 0. The van der Waals surface area contributed by atoms with Crippen LogP contribution in [0.1, 0.15) is 0 Å². The number of hydrogen-bond donors (Lipinski definition) is 0. The lowest BCUT2D eigenvalue weighted by molar-refractivity contribution is 1.77. The van der Waals surface area contributed by atoms with Crippen LogP contribution in [0.3, 0.4) is 0 Å². The highest BCUT2D eigenvalue weighted by Gasteiger charge is 2.03. The van der Waals surface area contributed by atoms with Crippen molar-refractivity contribution in [2.45, 2.75) is 0 Å². The van der Waals surface area contributed by atoms with Gasteiger partial charge in [-0.15, -0.1) is 0 Å². The van der Waals surface area contributed by atoms with E-state index in [0.717, 1.165) is 0 Å². The second-order valence-electron chi connectivity index (χ2n) is 4.67. The zero-order valence-electron chi connectivity index (χ0n) is 10.4. The molecule has 0 saturated carbocycles. The Kier molecular flexibility index (Phi) is 2.92. The third-order valence-electron chi connectivity index (χ3n) is 3.65. The summed E-state index contributed by atoms with van der Waals surface area (Å²) in [5.74, 6) is 0. The van der Waals surface area contributed by atoms with Gasteiger partial charge in [-0.2, -0.15) is 13.5 Å². The van der Waals surface area contributed by atoms with Gasteiger partial charge in [-0.25, -0.2) is 0 Å². The van der Waals surface area contributed by atoms with E-state index in [4.69, 9.17) is 0 Å². The van der Waals surface area contributed by atoms with Gasteiger partial charge in [-0.05, 0) is 32.3 Å². The number of benzene rings is 4. The van der Waals surface area contributed by atoms with Gasteiger partial charge in [-0.1, -0.05) is 72.8 Å². The maximum Gasteiger partial charge on any atom is -0.00990 e. The van der Waals surface area contributed by atoms with E-state index in [9.17, 15) is 0 Å². The third kappa shape index (κ3) is 1.78. The highest BCUT2D eigenvalue weighted by atomic mass is 32.1. The van der Waals surface area contributed by atoms with E-state index in [1.165, 1.54) is 32.3 Å². The summed E-state index contributed by atoms with van der Waals surface area (Å²) >= 11 is 0. The number of hydrogen-bond acceptors (Lipinski definition) is 0. The highest BCUT2D eigenvalue weighted by molar-refractivity contribution is 7.59. The average Bonchev–Trinajstić information content (AvgIpc) is 2.46. The van der Waals surface area contributed by atoms with Crippen LogP contribution < -0.4 is 0 Å². The minimum atomic E-state index is 0. The first-order valence-corrected chi connectivity index (χ1v) is 6.23. The average molecular weight is 262 g/mol. The SMILES string of the molecule is S.c1ccc2c(c1)ccc1c3ccccc3ccc21. The number of rotatable bonds is 0. The van der Waals surface area contributed by atoms with Crippen molar-refractivity contribution in [3.05, 3.63) is 72.8 Å². The molecule has 4 aromatic carbocycles. The fraction of sp³-hybridized carbons (Fsp3) is 0. The molecule has 0 aliphatic rings. The lowest BCUT2D eigenvalue weighted by atomic mass is 9.97. The summed E-state index contributed by atoms with van der Waals surface area (Å²) in [6.07, 6.45) is 0. The number of fused-ring (bicyclic) bond motifs is 5. The first-order chi connectivity index (χ1) is 8.93. The summed E-state index contributed by atoms with van der Waals surface area (Å²) in [6, 6.07) is 26.0. The smallest absolute Gasteiger partial charge is 0.00990 e. The normalized spacial score (nSPS) is 10.7. The molecule has 4 rings (SSSR count). The molecule has 4 aromatic rings. The van der Waals surface area contributed by atoms with E-state index in [1.54, 1.807) is 0 Å². The predicted molar refractivity (Wildman–Crippen MR) is 89.3 cm³/mol. The Bertz CT molecular complexity index is 803. The van der Waals surface area contributed by atoms with Crippen LogP contribution in [0.25, 0.3) is 32.3 Å². The van der Waals surface area contributed by atoms with Crippen molar-refractivity contribution in [2.75, 3.05) is 0 Å². The van der Waals surface area contributed by atoms with Crippen molar-refractivity contribution in [1.82, 2.24) is 0 Å². The molecule has 0 aliphatic heterocycles. The lowest BCUT2D eigenvalue weighted by Crippen LogP contribution is -1.79. The van der Waals surface area contributed by atoms with Gasteiger partial charge < -0.3 is 0 Å². The van der Waals surface area contributed by atoms with Gasteiger partial charge in [0.1, 0.15) is 0 Å². The van der Waals surface area contributed by atoms with Crippen LogP contribution >= 0.6 is 13.5 Å². The van der Waals surface area contributed by atoms with Crippen molar-refractivity contribution < 1.29 is 0 Å². The van der Waals surface area contributed by atoms with Crippen molar-refractivity contribution in [1.29, 1.82) is 0 Å². The molecule has 0 unspecified atom stereocenters. The summed E-state index contributed by atoms with van der Waals surface area (Å²) in [7, 11) is 0. The van der Waals surface area contributed by atoms with Crippen LogP contribution in [-0.4, -0.2) is 0 Å². The first kappa shape index (κ1) is 12.1. The minimum Gasteiger partial charge on any atom is -0.197 e. The van der Waals surface area contributed by atoms with E-state index < -0.39 is 0 Å². The summed E-state index contributed by atoms with van der Waals surface area (Å²) in [6.45, 7) is 0. The van der Waals surface area contributed by atoms with Crippen LogP contribution in [-0.2, 0) is 0 Å². The van der Waals surface area contributed by atoms with E-state index >= 15 is 0 Å². The molecule has 0 nitrogen and oxygen atoms in total. The molecule has 92 valence electrons. The predicted octanol–water partition coefficient (Wildman–Crippen LogP) is 5.26. The van der Waals surface area contributed by atoms with Crippen LogP contribution in [0.15, 0.2) is 72.8 Å². The van der Waals surface area contributed by atoms with Crippen molar-refractivity contribution in [2.24, 2.45) is 0 Å². The zero-order chi connectivity index (χ0) is 11.9. The Hall–Kier alpha value is -1.99. The molecule has 0 bridgehead atoms. The Balaban J connectivity index is 0.00000110. The molecule has 0 amide bonds. The second kappa shape index (κ2) is 4.60. The Morgan fingerprint density at radius 1 is 0.368 bits per heavy atom. The summed E-state index contributed by atoms with van der Waals surface area (Å²) in [5, 5.41) is 7.96. The Morgan fingerprint density at radius 2 is 0.789 bits per heavy atom. The molecule has 0 fully saturated rings. The van der Waals surface area contributed by atoms with E-state index in [1.807, 2.05) is 0 Å². The molecule has 0 atom stereocenters. The molecule has 0 aromatic heterocycles. The van der Waals surface area contributed by atoms with E-state index in [-0.39, 0.29) is 13.5 Å². The molecule has 0 saturated heterocycles. The van der Waals surface area contributed by atoms with Crippen molar-refractivity contribution in [3.8, 4) is 0 Å². The van der Waals surface area contributed by atoms with Crippen molar-refractivity contribution in [3.63, 3.8) is 0 Å². The van der Waals surface area contributed by atoms with Gasteiger partial charge in [0.05, 0.1) is 0 Å². The minimum absolute atomic E-state index is 0. The van der Waals surface area contributed by atoms with Gasteiger partial charge >= 0.3 is 0 Å². The fourth-order valence-electron chi connectivity index (χ4n) is 2.77. The molecular formula is C18H14S. The molecule has 0 heterocycles. The Labute approximate surface area is 119 Å². The molecule has 0 radical (unpaired) electrons. The van der Waals surface area contributed by atoms with Crippen molar-refractivity contribution >= 4 is 45.8 Å². The quantitative estimate of drug-likeness (QED) is 0.379. The van der Waals surface area contributed by atoms with E-state index in [2.05, 4.69) is 72.8 Å². The van der Waals surface area contributed by atoms with Gasteiger partial charge in [-0.3, -0.25) is 0 Å². The molecule has 0 aliphatic carbocycles. The molecule has 19 heavy (non-hydrogen) atoms. The monoisotopic (exact) mass is 262 g/mol. The second-order valence-corrected chi connectivity index (χ2v) is 4.67. The standard InChI is InChI=1S/C18H12.H2S/c1-3-7-15-13(5-1)9-11-18-16-8-4-2-6-14(16)10-12-17(15)18;/h1-12H;1H2. The Morgan fingerprint density at radius 3 is 1.26 bits per heavy atom. The fourth-order valence-corrected chi connectivity index (χ4v) is 2.77.